The van der Waals surface area contributed by atoms with Crippen LogP contribution in [-0.4, -0.2) is 102 Å². The lowest BCUT2D eigenvalue weighted by Gasteiger charge is -2.32. The molecule has 3 fully saturated rings. The molecule has 264 valence electrons. The summed E-state index contributed by atoms with van der Waals surface area (Å²) in [7, 11) is -2.25. The third-order valence-corrected chi connectivity index (χ3v) is 11.9. The minimum Gasteiger partial charge on any atom is -0.444 e. The zero-order chi connectivity index (χ0) is 35.2. The van der Waals surface area contributed by atoms with Crippen LogP contribution in [0, 0.1) is 11.8 Å². The van der Waals surface area contributed by atoms with Crippen molar-refractivity contribution in [2.45, 2.75) is 88.0 Å². The first-order valence-electron chi connectivity index (χ1n) is 16.8. The Morgan fingerprint density at radius 1 is 1.16 bits per heavy atom. The Hall–Kier alpha value is -4.40. The van der Waals surface area contributed by atoms with Crippen LogP contribution in [0.25, 0.3) is 6.08 Å². The lowest BCUT2D eigenvalue weighted by atomic mass is 10.0. The van der Waals surface area contributed by atoms with Gasteiger partial charge in [0.1, 0.15) is 23.7 Å². The Labute approximate surface area is 286 Å². The quantitative estimate of drug-likeness (QED) is 0.362. The minimum absolute atomic E-state index is 0.0619. The topological polar surface area (TPSA) is 175 Å². The highest BCUT2D eigenvalue weighted by molar-refractivity contribution is 7.91. The third kappa shape index (κ3) is 6.90. The maximum atomic E-state index is 14.2. The van der Waals surface area contributed by atoms with Crippen molar-refractivity contribution < 1.29 is 37.1 Å². The van der Waals surface area contributed by atoms with Crippen LogP contribution in [0.3, 0.4) is 0 Å². The minimum atomic E-state index is -3.89. The van der Waals surface area contributed by atoms with Gasteiger partial charge < -0.3 is 25.2 Å². The number of carbonyl (C=O) groups is 5. The molecule has 15 heteroatoms. The summed E-state index contributed by atoms with van der Waals surface area (Å²) < 4.78 is 33.3. The summed E-state index contributed by atoms with van der Waals surface area (Å²) >= 11 is 0. The van der Waals surface area contributed by atoms with Crippen molar-refractivity contribution in [2.24, 2.45) is 11.8 Å². The Bertz CT molecular complexity index is 1710. The van der Waals surface area contributed by atoms with Gasteiger partial charge >= 0.3 is 12.1 Å². The average molecular weight is 697 g/mol. The number of carbonyl (C=O) groups excluding carboxylic acids is 5. The summed E-state index contributed by atoms with van der Waals surface area (Å²) in [5, 5.41) is 4.92. The predicted molar refractivity (Wildman–Crippen MR) is 179 cm³/mol. The van der Waals surface area contributed by atoms with Crippen molar-refractivity contribution in [2.75, 3.05) is 20.1 Å². The number of rotatable bonds is 7. The molecule has 0 aromatic heterocycles. The highest BCUT2D eigenvalue weighted by Crippen LogP contribution is 2.45. The number of sulfonamides is 1. The van der Waals surface area contributed by atoms with Crippen molar-refractivity contribution in [3.05, 3.63) is 53.6 Å². The summed E-state index contributed by atoms with van der Waals surface area (Å²) in [6.07, 6.45) is 5.52. The van der Waals surface area contributed by atoms with E-state index in [1.807, 2.05) is 30.4 Å². The van der Waals surface area contributed by atoms with Gasteiger partial charge in [-0.15, -0.1) is 6.58 Å². The molecule has 6 rings (SSSR count). The summed E-state index contributed by atoms with van der Waals surface area (Å²) in [4.78, 5) is 72.7. The number of hydrogen-bond donors (Lipinski definition) is 3. The number of amides is 6. The zero-order valence-corrected chi connectivity index (χ0v) is 28.8. The number of fused-ring (bicyclic) bond motifs is 3. The Kier molecular flexibility index (Phi) is 9.24. The molecule has 1 aromatic carbocycles. The lowest BCUT2D eigenvalue weighted by Crippen LogP contribution is -2.59. The normalized spacial score (nSPS) is 29.5. The van der Waals surface area contributed by atoms with Gasteiger partial charge in [-0.1, -0.05) is 50.3 Å². The van der Waals surface area contributed by atoms with Gasteiger partial charge in [-0.05, 0) is 48.3 Å². The SMILES string of the molecule is C=C[C@@H]1C[C@]1(NC(=O)[C@@H]1C[C@@H]2CN1C(=O)[C@H](C(C)C)NC(=O)N(C)CC/C=C/c1cccc3c1CN(C3)C(=O)O2)C(=O)NS(=O)(=O)C1CC1. The van der Waals surface area contributed by atoms with E-state index >= 15 is 0 Å². The second-order valence-electron chi connectivity index (χ2n) is 14.1. The van der Waals surface area contributed by atoms with Crippen LogP contribution < -0.4 is 15.4 Å². The number of ether oxygens (including phenoxy) is 1. The number of urea groups is 1. The second kappa shape index (κ2) is 13.1. The van der Waals surface area contributed by atoms with Crippen molar-refractivity contribution in [1.29, 1.82) is 0 Å². The first-order chi connectivity index (χ1) is 23.2. The fraction of sp³-hybridized carbons (Fsp3) is 0.559. The predicted octanol–water partition coefficient (Wildman–Crippen LogP) is 1.86. The third-order valence-electron chi connectivity index (χ3n) is 10.1. The maximum Gasteiger partial charge on any atom is 0.410 e. The molecular weight excluding hydrogens is 652 g/mol. The van der Waals surface area contributed by atoms with E-state index in [9.17, 15) is 32.4 Å². The standard InChI is InChI=1S/C34H44N6O8S/c1-5-23-16-34(23,31(43)37-49(46,47)25-12-13-25)36-29(41)27-15-24-18-40(27)30(42)28(20(2)3)35-32(44)38(4)14-7-6-9-21-10-8-11-22-17-39(19-26(21)22)33(45)48-24/h5-6,8-11,20,23-25,27-28H,1,7,12-19H2,2-4H3,(H,35,44)(H,36,41)(H,37,43)/b9-6+/t23-,24-,27+,28+,34-/m1/s1. The summed E-state index contributed by atoms with van der Waals surface area (Å²) in [5.74, 6) is -2.99. The highest BCUT2D eigenvalue weighted by Gasteiger charge is 2.62. The fourth-order valence-electron chi connectivity index (χ4n) is 6.86. The van der Waals surface area contributed by atoms with Crippen LogP contribution in [0.5, 0.6) is 0 Å². The zero-order valence-electron chi connectivity index (χ0n) is 28.0. The van der Waals surface area contributed by atoms with Gasteiger partial charge in [-0.2, -0.15) is 0 Å². The van der Waals surface area contributed by atoms with E-state index in [0.29, 0.717) is 38.9 Å². The molecule has 49 heavy (non-hydrogen) atoms. The molecule has 5 aliphatic rings. The molecule has 3 heterocycles. The van der Waals surface area contributed by atoms with Crippen LogP contribution >= 0.6 is 0 Å². The second-order valence-corrected chi connectivity index (χ2v) is 16.0. The first-order valence-corrected chi connectivity index (χ1v) is 18.3. The number of hydrogen-bond acceptors (Lipinski definition) is 8. The number of benzene rings is 1. The van der Waals surface area contributed by atoms with Gasteiger partial charge in [0.15, 0.2) is 0 Å². The van der Waals surface area contributed by atoms with Crippen molar-refractivity contribution in [3.8, 4) is 0 Å². The first kappa shape index (κ1) is 34.5. The fourth-order valence-corrected chi connectivity index (χ4v) is 8.22. The molecule has 3 aliphatic heterocycles. The molecule has 0 unspecified atom stereocenters. The summed E-state index contributed by atoms with van der Waals surface area (Å²) in [5.41, 5.74) is 1.40. The van der Waals surface area contributed by atoms with E-state index < -0.39 is 74.8 Å². The largest absolute Gasteiger partial charge is 0.444 e. The van der Waals surface area contributed by atoms with Gasteiger partial charge in [0.2, 0.25) is 21.8 Å². The van der Waals surface area contributed by atoms with Crippen LogP contribution in [0.2, 0.25) is 0 Å². The summed E-state index contributed by atoms with van der Waals surface area (Å²) in [6, 6.07) is 3.21. The van der Waals surface area contributed by atoms with E-state index in [1.54, 1.807) is 25.8 Å². The Morgan fingerprint density at radius 3 is 2.59 bits per heavy atom. The molecule has 0 radical (unpaired) electrons. The van der Waals surface area contributed by atoms with E-state index in [2.05, 4.69) is 21.9 Å². The molecule has 6 amide bonds. The molecular formula is C34H44N6O8S. The lowest BCUT2D eigenvalue weighted by molar-refractivity contribution is -0.141. The molecule has 5 atom stereocenters. The monoisotopic (exact) mass is 696 g/mol. The molecule has 1 aromatic rings. The molecule has 1 saturated heterocycles. The van der Waals surface area contributed by atoms with E-state index in [-0.39, 0.29) is 25.3 Å². The molecule has 4 bridgehead atoms. The smallest absolute Gasteiger partial charge is 0.410 e. The molecule has 0 spiro atoms. The van der Waals surface area contributed by atoms with Gasteiger partial charge in [0, 0.05) is 32.5 Å². The average Bonchev–Trinajstić information content (AvgIpc) is 3.95. The number of nitrogens with one attached hydrogen (secondary N) is 3. The molecule has 3 N–H and O–H groups in total. The van der Waals surface area contributed by atoms with Crippen molar-refractivity contribution in [3.63, 3.8) is 0 Å². The maximum absolute atomic E-state index is 14.2. The van der Waals surface area contributed by atoms with Gasteiger partial charge in [0.25, 0.3) is 5.91 Å². The van der Waals surface area contributed by atoms with Crippen LogP contribution in [0.4, 0.5) is 9.59 Å². The van der Waals surface area contributed by atoms with Gasteiger partial charge in [0.05, 0.1) is 18.3 Å². The van der Waals surface area contributed by atoms with Gasteiger partial charge in [-0.25, -0.2) is 18.0 Å². The van der Waals surface area contributed by atoms with E-state index in [0.717, 1.165) is 16.7 Å². The Balaban J connectivity index is 1.28. The molecule has 2 saturated carbocycles. The van der Waals surface area contributed by atoms with Crippen molar-refractivity contribution in [1.82, 2.24) is 30.1 Å². The highest BCUT2D eigenvalue weighted by atomic mass is 32.2. The molecule has 14 nitrogen and oxygen atoms in total. The Morgan fingerprint density at radius 2 is 1.92 bits per heavy atom. The van der Waals surface area contributed by atoms with Crippen LogP contribution in [-0.2, 0) is 42.2 Å². The van der Waals surface area contributed by atoms with Crippen LogP contribution in [0.15, 0.2) is 36.9 Å². The van der Waals surface area contributed by atoms with Crippen LogP contribution in [0.1, 0.15) is 62.6 Å². The van der Waals surface area contributed by atoms with Gasteiger partial charge in [-0.3, -0.25) is 24.0 Å². The van der Waals surface area contributed by atoms with E-state index in [1.165, 1.54) is 15.9 Å². The number of nitrogens with zero attached hydrogens (tertiary/aromatic N) is 3. The van der Waals surface area contributed by atoms with E-state index in [4.69, 9.17) is 4.74 Å². The summed E-state index contributed by atoms with van der Waals surface area (Å²) in [6.45, 7) is 8.23. The molecule has 2 aliphatic carbocycles. The van der Waals surface area contributed by atoms with Crippen molar-refractivity contribution >= 4 is 45.9 Å².